The molecule has 0 saturated heterocycles. The first-order valence-corrected chi connectivity index (χ1v) is 4.35. The van der Waals surface area contributed by atoms with Crippen molar-refractivity contribution in [3.8, 4) is 0 Å². The largest absolute Gasteiger partial charge is 0.388 e. The lowest BCUT2D eigenvalue weighted by Gasteiger charge is -2.21. The minimum Gasteiger partial charge on any atom is -0.388 e. The Balaban J connectivity index is 2.25. The van der Waals surface area contributed by atoms with E-state index in [1.54, 1.807) is 0 Å². The second kappa shape index (κ2) is 3.87. The average Bonchev–Trinajstić information content (AvgIpc) is 2.49. The molecule has 12 heavy (non-hydrogen) atoms. The molecule has 1 amide bonds. The molecular formula is C8H16N2O2. The van der Waals surface area contributed by atoms with Crippen LogP contribution in [-0.2, 0) is 4.79 Å². The molecule has 0 aromatic rings. The Bertz CT molecular complexity index is 164. The third kappa shape index (κ3) is 2.46. The summed E-state index contributed by atoms with van der Waals surface area (Å²) < 4.78 is 0. The third-order valence-electron chi connectivity index (χ3n) is 2.33. The Morgan fingerprint density at radius 1 is 1.50 bits per heavy atom. The van der Waals surface area contributed by atoms with Gasteiger partial charge in [0.05, 0.1) is 12.1 Å². The van der Waals surface area contributed by atoms with E-state index >= 15 is 0 Å². The van der Waals surface area contributed by atoms with Crippen molar-refractivity contribution in [1.29, 1.82) is 0 Å². The Labute approximate surface area is 72.1 Å². The summed E-state index contributed by atoms with van der Waals surface area (Å²) in [5.74, 6) is -0.199. The van der Waals surface area contributed by atoms with Gasteiger partial charge in [-0.1, -0.05) is 12.8 Å². The first-order chi connectivity index (χ1) is 5.66. The second-order valence-corrected chi connectivity index (χ2v) is 3.41. The van der Waals surface area contributed by atoms with E-state index in [-0.39, 0.29) is 12.5 Å². The highest BCUT2D eigenvalue weighted by atomic mass is 16.3. The number of carbonyl (C=O) groups excluding carboxylic acids is 1. The number of nitrogens with one attached hydrogen (secondary N) is 1. The zero-order valence-corrected chi connectivity index (χ0v) is 7.18. The first kappa shape index (κ1) is 9.48. The summed E-state index contributed by atoms with van der Waals surface area (Å²) in [6.07, 6.45) is 3.68. The van der Waals surface area contributed by atoms with Crippen LogP contribution in [0.4, 0.5) is 0 Å². The highest BCUT2D eigenvalue weighted by molar-refractivity contribution is 5.77. The molecule has 1 saturated carbocycles. The van der Waals surface area contributed by atoms with Crippen molar-refractivity contribution in [2.45, 2.75) is 31.3 Å². The van der Waals surface area contributed by atoms with Gasteiger partial charge in [-0.25, -0.2) is 0 Å². The lowest BCUT2D eigenvalue weighted by molar-refractivity contribution is -0.120. The fourth-order valence-corrected chi connectivity index (χ4v) is 1.55. The summed E-state index contributed by atoms with van der Waals surface area (Å²) >= 11 is 0. The zero-order valence-electron chi connectivity index (χ0n) is 7.18. The molecule has 1 aliphatic carbocycles. The number of aliphatic hydroxyl groups is 1. The normalized spacial score (nSPS) is 20.8. The maximum atomic E-state index is 10.8. The van der Waals surface area contributed by atoms with E-state index in [9.17, 15) is 9.90 Å². The first-order valence-electron chi connectivity index (χ1n) is 4.35. The lowest BCUT2D eigenvalue weighted by atomic mass is 10.0. The molecule has 0 aromatic carbocycles. The quantitative estimate of drug-likeness (QED) is 0.530. The van der Waals surface area contributed by atoms with Gasteiger partial charge in [0, 0.05) is 6.54 Å². The Morgan fingerprint density at radius 3 is 2.58 bits per heavy atom. The van der Waals surface area contributed by atoms with Gasteiger partial charge in [0.1, 0.15) is 0 Å². The third-order valence-corrected chi connectivity index (χ3v) is 2.33. The van der Waals surface area contributed by atoms with Gasteiger partial charge in [0.2, 0.25) is 5.91 Å². The molecule has 70 valence electrons. The number of amides is 1. The summed E-state index contributed by atoms with van der Waals surface area (Å²) in [5, 5.41) is 12.4. The maximum absolute atomic E-state index is 10.8. The highest BCUT2D eigenvalue weighted by Crippen LogP contribution is 2.28. The standard InChI is InChI=1S/C8H16N2O2/c9-5-7(11)10-6-8(12)3-1-2-4-8/h12H,1-6,9H2,(H,10,11). The van der Waals surface area contributed by atoms with Crippen molar-refractivity contribution in [3.05, 3.63) is 0 Å². The van der Waals surface area contributed by atoms with Gasteiger partial charge >= 0.3 is 0 Å². The highest BCUT2D eigenvalue weighted by Gasteiger charge is 2.30. The molecule has 0 heterocycles. The van der Waals surface area contributed by atoms with Gasteiger partial charge in [-0.3, -0.25) is 4.79 Å². The molecule has 0 atom stereocenters. The van der Waals surface area contributed by atoms with Crippen LogP contribution in [0.3, 0.4) is 0 Å². The monoisotopic (exact) mass is 172 g/mol. The second-order valence-electron chi connectivity index (χ2n) is 3.41. The van der Waals surface area contributed by atoms with E-state index in [4.69, 9.17) is 5.73 Å². The Hall–Kier alpha value is -0.610. The van der Waals surface area contributed by atoms with Gasteiger partial charge in [-0.05, 0) is 12.8 Å². The SMILES string of the molecule is NCC(=O)NCC1(O)CCCC1. The zero-order chi connectivity index (χ0) is 9.03. The van der Waals surface area contributed by atoms with Crippen molar-refractivity contribution in [1.82, 2.24) is 5.32 Å². The van der Waals surface area contributed by atoms with E-state index in [0.29, 0.717) is 6.54 Å². The van der Waals surface area contributed by atoms with Crippen LogP contribution in [0.5, 0.6) is 0 Å². The summed E-state index contributed by atoms with van der Waals surface area (Å²) in [4.78, 5) is 10.8. The minimum atomic E-state index is -0.662. The lowest BCUT2D eigenvalue weighted by Crippen LogP contribution is -2.42. The van der Waals surface area contributed by atoms with Crippen LogP contribution in [0.15, 0.2) is 0 Å². The molecular weight excluding hydrogens is 156 g/mol. The maximum Gasteiger partial charge on any atom is 0.233 e. The number of nitrogens with two attached hydrogens (primary N) is 1. The van der Waals surface area contributed by atoms with Crippen molar-refractivity contribution in [3.63, 3.8) is 0 Å². The van der Waals surface area contributed by atoms with Crippen molar-refractivity contribution in [2.75, 3.05) is 13.1 Å². The molecule has 1 rings (SSSR count). The number of hydrogen-bond donors (Lipinski definition) is 3. The molecule has 4 N–H and O–H groups in total. The molecule has 0 aliphatic heterocycles. The molecule has 1 aliphatic rings. The van der Waals surface area contributed by atoms with Crippen LogP contribution >= 0.6 is 0 Å². The van der Waals surface area contributed by atoms with Gasteiger partial charge in [-0.2, -0.15) is 0 Å². The van der Waals surface area contributed by atoms with Crippen LogP contribution in [0.1, 0.15) is 25.7 Å². The van der Waals surface area contributed by atoms with E-state index in [2.05, 4.69) is 5.32 Å². The topological polar surface area (TPSA) is 75.4 Å². The molecule has 0 radical (unpaired) electrons. The number of carbonyl (C=O) groups is 1. The van der Waals surface area contributed by atoms with E-state index < -0.39 is 5.60 Å². The molecule has 1 fully saturated rings. The molecule has 4 nitrogen and oxygen atoms in total. The smallest absolute Gasteiger partial charge is 0.233 e. The molecule has 0 bridgehead atoms. The fraction of sp³-hybridized carbons (Fsp3) is 0.875. The van der Waals surface area contributed by atoms with E-state index in [0.717, 1.165) is 25.7 Å². The predicted molar refractivity (Wildman–Crippen MR) is 45.5 cm³/mol. The minimum absolute atomic E-state index is 0.00389. The van der Waals surface area contributed by atoms with Gasteiger partial charge in [-0.15, -0.1) is 0 Å². The van der Waals surface area contributed by atoms with E-state index in [1.807, 2.05) is 0 Å². The predicted octanol–water partition coefficient (Wildman–Crippen LogP) is -0.634. The summed E-state index contributed by atoms with van der Waals surface area (Å²) in [7, 11) is 0. The Kier molecular flexibility index (Phi) is 3.05. The van der Waals surface area contributed by atoms with Crippen molar-refractivity contribution in [2.24, 2.45) is 5.73 Å². The van der Waals surface area contributed by atoms with Crippen LogP contribution in [0.25, 0.3) is 0 Å². The average molecular weight is 172 g/mol. The molecule has 0 spiro atoms. The summed E-state index contributed by atoms with van der Waals surface area (Å²) in [5.41, 5.74) is 4.44. The van der Waals surface area contributed by atoms with Crippen LogP contribution in [0.2, 0.25) is 0 Å². The molecule has 0 aromatic heterocycles. The summed E-state index contributed by atoms with van der Waals surface area (Å²) in [6.45, 7) is 0.346. The molecule has 0 unspecified atom stereocenters. The van der Waals surface area contributed by atoms with Crippen LogP contribution in [0, 0.1) is 0 Å². The van der Waals surface area contributed by atoms with Crippen molar-refractivity contribution < 1.29 is 9.90 Å². The van der Waals surface area contributed by atoms with E-state index in [1.165, 1.54) is 0 Å². The summed E-state index contributed by atoms with van der Waals surface area (Å²) in [6, 6.07) is 0. The number of rotatable bonds is 3. The number of hydrogen-bond acceptors (Lipinski definition) is 3. The van der Waals surface area contributed by atoms with Crippen molar-refractivity contribution >= 4 is 5.91 Å². The van der Waals surface area contributed by atoms with Crippen LogP contribution in [-0.4, -0.2) is 29.7 Å². The van der Waals surface area contributed by atoms with Gasteiger partial charge in [0.25, 0.3) is 0 Å². The Morgan fingerprint density at radius 2 is 2.08 bits per heavy atom. The van der Waals surface area contributed by atoms with Gasteiger partial charge < -0.3 is 16.2 Å². The van der Waals surface area contributed by atoms with Gasteiger partial charge in [0.15, 0.2) is 0 Å². The molecule has 4 heteroatoms. The fourth-order valence-electron chi connectivity index (χ4n) is 1.55. The van der Waals surface area contributed by atoms with Crippen LogP contribution < -0.4 is 11.1 Å².